The van der Waals surface area contributed by atoms with Crippen molar-refractivity contribution in [2.75, 3.05) is 5.32 Å². The average molecular weight is 332 g/mol. The summed E-state index contributed by atoms with van der Waals surface area (Å²) in [6.45, 7) is 0. The molecule has 0 saturated heterocycles. The van der Waals surface area contributed by atoms with Crippen LogP contribution in [0, 0.1) is 0 Å². The van der Waals surface area contributed by atoms with Crippen LogP contribution in [0.1, 0.15) is 32.1 Å². The Morgan fingerprint density at radius 2 is 2.00 bits per heavy atom. The zero-order chi connectivity index (χ0) is 13.2. The summed E-state index contributed by atoms with van der Waals surface area (Å²) in [5, 5.41) is 3.50. The third kappa shape index (κ3) is 3.05. The third-order valence-corrected chi connectivity index (χ3v) is 4.27. The fraction of sp³-hybridized carbons (Fsp3) is 0.462. The lowest BCUT2D eigenvalue weighted by atomic mass is 9.82. The highest BCUT2D eigenvalue weighted by Crippen LogP contribution is 2.30. The van der Waals surface area contributed by atoms with Gasteiger partial charge in [-0.2, -0.15) is 0 Å². The van der Waals surface area contributed by atoms with Crippen LogP contribution in [0.4, 0.5) is 5.69 Å². The summed E-state index contributed by atoms with van der Waals surface area (Å²) in [5.74, 6) is -0.106. The quantitative estimate of drug-likeness (QED) is 0.868. The highest BCUT2D eigenvalue weighted by Gasteiger charge is 2.35. The van der Waals surface area contributed by atoms with E-state index >= 15 is 0 Å². The van der Waals surface area contributed by atoms with Crippen molar-refractivity contribution >= 4 is 39.1 Å². The Labute approximate surface area is 120 Å². The number of carbonyl (C=O) groups excluding carboxylic acids is 1. The minimum absolute atomic E-state index is 0.106. The number of nitrogens with two attached hydrogens (primary N) is 1. The maximum atomic E-state index is 12.2. The first-order chi connectivity index (χ1) is 8.51. The van der Waals surface area contributed by atoms with E-state index in [2.05, 4.69) is 21.2 Å². The molecule has 0 aliphatic heterocycles. The number of amides is 1. The molecule has 5 heteroatoms. The Balaban J connectivity index is 2.11. The van der Waals surface area contributed by atoms with E-state index in [-0.39, 0.29) is 5.91 Å². The van der Waals surface area contributed by atoms with E-state index < -0.39 is 5.54 Å². The van der Waals surface area contributed by atoms with Crippen molar-refractivity contribution in [1.82, 2.24) is 0 Å². The van der Waals surface area contributed by atoms with Crippen molar-refractivity contribution in [2.45, 2.75) is 37.6 Å². The lowest BCUT2D eigenvalue weighted by Crippen LogP contribution is -2.52. The maximum Gasteiger partial charge on any atom is 0.244 e. The van der Waals surface area contributed by atoms with Crippen molar-refractivity contribution in [2.24, 2.45) is 5.73 Å². The van der Waals surface area contributed by atoms with Crippen LogP contribution >= 0.6 is 27.5 Å². The molecule has 18 heavy (non-hydrogen) atoms. The molecule has 1 aromatic carbocycles. The van der Waals surface area contributed by atoms with Crippen molar-refractivity contribution in [3.05, 3.63) is 27.7 Å². The van der Waals surface area contributed by atoms with E-state index in [1.54, 1.807) is 18.2 Å². The first-order valence-corrected chi connectivity index (χ1v) is 7.24. The van der Waals surface area contributed by atoms with Gasteiger partial charge in [0.25, 0.3) is 0 Å². The number of rotatable bonds is 2. The molecule has 0 radical (unpaired) electrons. The van der Waals surface area contributed by atoms with Crippen LogP contribution in [0.5, 0.6) is 0 Å². The Bertz CT molecular complexity index is 458. The third-order valence-electron chi connectivity index (χ3n) is 3.38. The topological polar surface area (TPSA) is 55.1 Å². The second-order valence-corrected chi connectivity index (χ2v) is 6.09. The summed E-state index contributed by atoms with van der Waals surface area (Å²) in [6, 6.07) is 5.27. The monoisotopic (exact) mass is 330 g/mol. The lowest BCUT2D eigenvalue weighted by molar-refractivity contribution is -0.122. The van der Waals surface area contributed by atoms with Gasteiger partial charge in [0.05, 0.1) is 11.2 Å². The van der Waals surface area contributed by atoms with Gasteiger partial charge in [-0.25, -0.2) is 0 Å². The molecular weight excluding hydrogens is 316 g/mol. The van der Waals surface area contributed by atoms with E-state index in [0.29, 0.717) is 10.7 Å². The molecule has 98 valence electrons. The molecule has 0 heterocycles. The molecule has 0 spiro atoms. The lowest BCUT2D eigenvalue weighted by Gasteiger charge is -2.31. The summed E-state index contributed by atoms with van der Waals surface area (Å²) in [7, 11) is 0. The Morgan fingerprint density at radius 3 is 2.61 bits per heavy atom. The van der Waals surface area contributed by atoms with Crippen molar-refractivity contribution < 1.29 is 4.79 Å². The SMILES string of the molecule is NC1(C(=O)Nc2ccc(Cl)cc2Br)CCCCC1. The minimum atomic E-state index is -0.725. The number of benzene rings is 1. The standard InChI is InChI=1S/C13H16BrClN2O/c14-10-8-9(15)4-5-11(10)17-12(18)13(16)6-2-1-3-7-13/h4-5,8H,1-3,6-7,16H2,(H,17,18). The Hall–Kier alpha value is -0.580. The van der Waals surface area contributed by atoms with Gasteiger partial charge >= 0.3 is 0 Å². The number of halogens is 2. The minimum Gasteiger partial charge on any atom is -0.323 e. The summed E-state index contributed by atoms with van der Waals surface area (Å²) in [6.07, 6.45) is 4.71. The number of anilines is 1. The van der Waals surface area contributed by atoms with Crippen molar-refractivity contribution in [3.8, 4) is 0 Å². The van der Waals surface area contributed by atoms with Crippen LogP contribution in [-0.2, 0) is 4.79 Å². The molecule has 1 aliphatic rings. The molecule has 0 aromatic heterocycles. The summed E-state index contributed by atoms with van der Waals surface area (Å²) in [5.41, 5.74) is 6.16. The van der Waals surface area contributed by atoms with Gasteiger partial charge in [-0.05, 0) is 47.0 Å². The van der Waals surface area contributed by atoms with Crippen LogP contribution in [0.2, 0.25) is 5.02 Å². The van der Waals surface area contributed by atoms with E-state index in [0.717, 1.165) is 36.6 Å². The van der Waals surface area contributed by atoms with Crippen LogP contribution in [0.25, 0.3) is 0 Å². The molecule has 1 aliphatic carbocycles. The largest absolute Gasteiger partial charge is 0.323 e. The predicted octanol–water partition coefficient (Wildman–Crippen LogP) is 3.70. The van der Waals surface area contributed by atoms with Gasteiger partial charge < -0.3 is 11.1 Å². The van der Waals surface area contributed by atoms with Gasteiger partial charge in [-0.15, -0.1) is 0 Å². The van der Waals surface area contributed by atoms with Gasteiger partial charge in [0.1, 0.15) is 0 Å². The molecule has 0 unspecified atom stereocenters. The molecule has 0 bridgehead atoms. The molecule has 1 fully saturated rings. The number of carbonyl (C=O) groups is 1. The van der Waals surface area contributed by atoms with Crippen LogP contribution < -0.4 is 11.1 Å². The van der Waals surface area contributed by atoms with Crippen LogP contribution in [-0.4, -0.2) is 11.4 Å². The number of hydrogen-bond acceptors (Lipinski definition) is 2. The van der Waals surface area contributed by atoms with Gasteiger partial charge in [-0.3, -0.25) is 4.79 Å². The van der Waals surface area contributed by atoms with Gasteiger partial charge in [0.15, 0.2) is 0 Å². The molecule has 1 aromatic rings. The zero-order valence-electron chi connectivity index (χ0n) is 10.0. The van der Waals surface area contributed by atoms with E-state index in [4.69, 9.17) is 17.3 Å². The molecule has 3 nitrogen and oxygen atoms in total. The van der Waals surface area contributed by atoms with Crippen LogP contribution in [0.15, 0.2) is 22.7 Å². The Morgan fingerprint density at radius 1 is 1.33 bits per heavy atom. The molecule has 1 amide bonds. The zero-order valence-corrected chi connectivity index (χ0v) is 12.4. The summed E-state index contributed by atoms with van der Waals surface area (Å²) in [4.78, 5) is 12.2. The molecule has 0 atom stereocenters. The molecule has 3 N–H and O–H groups in total. The van der Waals surface area contributed by atoms with Crippen molar-refractivity contribution in [1.29, 1.82) is 0 Å². The van der Waals surface area contributed by atoms with Crippen molar-refractivity contribution in [3.63, 3.8) is 0 Å². The molecular formula is C13H16BrClN2O. The van der Waals surface area contributed by atoms with Gasteiger partial charge in [0, 0.05) is 9.50 Å². The predicted molar refractivity (Wildman–Crippen MR) is 77.8 cm³/mol. The number of hydrogen-bond donors (Lipinski definition) is 2. The van der Waals surface area contributed by atoms with E-state index in [1.807, 2.05) is 0 Å². The summed E-state index contributed by atoms with van der Waals surface area (Å²) < 4.78 is 0.766. The first-order valence-electron chi connectivity index (χ1n) is 6.07. The smallest absolute Gasteiger partial charge is 0.244 e. The first kappa shape index (κ1) is 13.8. The fourth-order valence-corrected chi connectivity index (χ4v) is 3.03. The second kappa shape index (κ2) is 5.59. The highest BCUT2D eigenvalue weighted by molar-refractivity contribution is 9.10. The summed E-state index contributed by atoms with van der Waals surface area (Å²) >= 11 is 9.24. The van der Waals surface area contributed by atoms with Gasteiger partial charge in [-0.1, -0.05) is 30.9 Å². The van der Waals surface area contributed by atoms with E-state index in [9.17, 15) is 4.79 Å². The van der Waals surface area contributed by atoms with Gasteiger partial charge in [0.2, 0.25) is 5.91 Å². The van der Waals surface area contributed by atoms with Crippen LogP contribution in [0.3, 0.4) is 0 Å². The fourth-order valence-electron chi connectivity index (χ4n) is 2.25. The second-order valence-electron chi connectivity index (χ2n) is 4.80. The molecule has 2 rings (SSSR count). The Kier molecular flexibility index (Phi) is 4.30. The highest BCUT2D eigenvalue weighted by atomic mass is 79.9. The molecule has 1 saturated carbocycles. The average Bonchev–Trinajstić information content (AvgIpc) is 2.33. The number of nitrogens with one attached hydrogen (secondary N) is 1. The maximum absolute atomic E-state index is 12.2. The normalized spacial score (nSPS) is 18.4. The van der Waals surface area contributed by atoms with E-state index in [1.165, 1.54) is 0 Å².